The molecule has 0 radical (unpaired) electrons. The molecule has 17 heavy (non-hydrogen) atoms. The van der Waals surface area contributed by atoms with Crippen molar-refractivity contribution in [1.29, 1.82) is 0 Å². The van der Waals surface area contributed by atoms with Crippen molar-refractivity contribution in [2.45, 2.75) is 13.5 Å². The first kappa shape index (κ1) is 17.3. The van der Waals surface area contributed by atoms with Gasteiger partial charge in [-0.25, -0.2) is 14.3 Å². The van der Waals surface area contributed by atoms with Gasteiger partial charge in [-0.3, -0.25) is 4.79 Å². The van der Waals surface area contributed by atoms with Crippen LogP contribution in [0.25, 0.3) is 6.08 Å². The van der Waals surface area contributed by atoms with Gasteiger partial charge in [0.05, 0.1) is 0 Å². The topological polar surface area (TPSA) is 74.0 Å². The summed E-state index contributed by atoms with van der Waals surface area (Å²) in [7, 11) is 0. The number of ketones is 1. The number of hydrogen-bond donors (Lipinski definition) is 2. The van der Waals surface area contributed by atoms with Crippen molar-refractivity contribution in [3.63, 3.8) is 0 Å². The van der Waals surface area contributed by atoms with Gasteiger partial charge in [0.2, 0.25) is 6.33 Å². The van der Waals surface area contributed by atoms with Crippen LogP contribution in [0.15, 0.2) is 18.6 Å². The van der Waals surface area contributed by atoms with Gasteiger partial charge in [0.25, 0.3) is 0 Å². The van der Waals surface area contributed by atoms with E-state index in [2.05, 4.69) is 42.2 Å². The molecule has 0 aliphatic rings. The number of carbonyl (C=O) groups is 2. The summed E-state index contributed by atoms with van der Waals surface area (Å²) in [5.41, 5.74) is 0.647. The van der Waals surface area contributed by atoms with Gasteiger partial charge < -0.3 is 5.11 Å². The van der Waals surface area contributed by atoms with E-state index in [1.54, 1.807) is 17.1 Å². The van der Waals surface area contributed by atoms with E-state index < -0.39 is 5.97 Å². The molecule has 0 aliphatic carbocycles. The maximum absolute atomic E-state index is 10.7. The number of rotatable bonds is 4. The van der Waals surface area contributed by atoms with Crippen molar-refractivity contribution in [2.75, 3.05) is 0 Å². The Morgan fingerprint density at radius 3 is 2.65 bits per heavy atom. The Labute approximate surface area is 129 Å². The number of hydrogen-bond acceptors (Lipinski definition) is 2. The number of aromatic amines is 1. The summed E-state index contributed by atoms with van der Waals surface area (Å²) in [4.78, 5) is 23.8. The van der Waals surface area contributed by atoms with Crippen LogP contribution < -0.4 is 17.8 Å². The SMILES string of the molecule is CC(=O)C[n+]1c[nH]c(/C=C/C(=O)O)c1.I[I-]I. The quantitative estimate of drug-likeness (QED) is 0.268. The number of nitrogens with one attached hydrogen (secondary N) is 1. The van der Waals surface area contributed by atoms with Gasteiger partial charge in [0, 0.05) is 6.08 Å². The second kappa shape index (κ2) is 10.2. The molecule has 1 aromatic heterocycles. The van der Waals surface area contributed by atoms with Crippen LogP contribution in [0.2, 0.25) is 0 Å². The van der Waals surface area contributed by atoms with Crippen LogP contribution in [0, 0.1) is 0 Å². The first-order valence-corrected chi connectivity index (χ1v) is 16.9. The minimum atomic E-state index is -1.00. The number of Topliss-reactive ketones (excluding diaryl/α,β-unsaturated/α-hetero) is 1. The molecule has 0 unspecified atom stereocenters. The summed E-state index contributed by atoms with van der Waals surface area (Å²) < 4.78 is 1.66. The van der Waals surface area contributed by atoms with E-state index in [9.17, 15) is 9.59 Å². The fraction of sp³-hybridized carbons (Fsp3) is 0.222. The van der Waals surface area contributed by atoms with Crippen LogP contribution >= 0.6 is 37.2 Å². The number of nitrogens with zero attached hydrogens (tertiary/aromatic N) is 1. The number of carboxylic acid groups (broad SMARTS) is 1. The van der Waals surface area contributed by atoms with E-state index >= 15 is 0 Å². The van der Waals surface area contributed by atoms with E-state index in [1.165, 1.54) is 13.0 Å². The standard InChI is InChI=1S/C9H10N2O3.I3/c1-7(12)4-11-5-8(10-6-11)2-3-9(13)14;1-3-2/h2-3,5-6H,4H2,1H3,(H,13,14);/q;-1/p+1/b3-2+;. The minimum absolute atomic E-state index is 0.0442. The van der Waals surface area contributed by atoms with Crippen molar-refractivity contribution < 1.29 is 32.5 Å². The summed E-state index contributed by atoms with van der Waals surface area (Å²) >= 11 is 5.30. The molecule has 1 heterocycles. The Balaban J connectivity index is 0.000000770. The van der Waals surface area contributed by atoms with E-state index in [1.807, 2.05) is 0 Å². The zero-order valence-electron chi connectivity index (χ0n) is 8.86. The molecule has 0 aliphatic heterocycles. The Bertz CT molecular complexity index is 404. The number of aliphatic carboxylic acids is 1. The maximum atomic E-state index is 10.7. The van der Waals surface area contributed by atoms with E-state index in [0.29, 0.717) is 18.9 Å². The van der Waals surface area contributed by atoms with Gasteiger partial charge in [0.15, 0.2) is 11.5 Å². The molecule has 0 spiro atoms. The molecule has 5 nitrogen and oxygen atoms in total. The molecule has 0 aromatic carbocycles. The zero-order chi connectivity index (χ0) is 13.3. The normalized spacial score (nSPS) is 10.1. The fourth-order valence-electron chi connectivity index (χ4n) is 1.01. The number of halogens is 3. The third-order valence-electron chi connectivity index (χ3n) is 1.51. The molecule has 0 amide bonds. The summed E-state index contributed by atoms with van der Waals surface area (Å²) in [6.07, 6.45) is 5.74. The second-order valence-electron chi connectivity index (χ2n) is 2.96. The predicted octanol–water partition coefficient (Wildman–Crippen LogP) is -1.24. The van der Waals surface area contributed by atoms with Gasteiger partial charge in [-0.15, -0.1) is 0 Å². The van der Waals surface area contributed by atoms with Gasteiger partial charge in [-0.1, -0.05) is 0 Å². The van der Waals surface area contributed by atoms with Crippen molar-refractivity contribution in [1.82, 2.24) is 4.98 Å². The molecule has 0 bridgehead atoms. The van der Waals surface area contributed by atoms with Crippen molar-refractivity contribution >= 4 is 55.1 Å². The average Bonchev–Trinajstić information content (AvgIpc) is 2.63. The Kier molecular flexibility index (Phi) is 10.4. The van der Waals surface area contributed by atoms with Crippen LogP contribution in [0.3, 0.4) is 0 Å². The summed E-state index contributed by atoms with van der Waals surface area (Å²) in [5.74, 6) is -0.958. The van der Waals surface area contributed by atoms with Gasteiger partial charge in [-0.2, -0.15) is 0 Å². The first-order valence-electron chi connectivity index (χ1n) is 4.34. The molecule has 0 atom stereocenters. The van der Waals surface area contributed by atoms with Crippen LogP contribution in [0.5, 0.6) is 0 Å². The van der Waals surface area contributed by atoms with Crippen LogP contribution in [-0.4, -0.2) is 21.8 Å². The molecular weight excluding hydrogens is 565 g/mol. The Hall–Kier alpha value is 0.280. The Morgan fingerprint density at radius 1 is 1.59 bits per heavy atom. The van der Waals surface area contributed by atoms with E-state index in [0.717, 1.165) is 6.08 Å². The Morgan fingerprint density at radius 2 is 2.18 bits per heavy atom. The van der Waals surface area contributed by atoms with Gasteiger partial charge in [0.1, 0.15) is 12.7 Å². The van der Waals surface area contributed by atoms with Crippen LogP contribution in [0.1, 0.15) is 12.6 Å². The molecule has 1 aromatic rings. The number of imidazole rings is 1. The third kappa shape index (κ3) is 9.93. The summed E-state index contributed by atoms with van der Waals surface area (Å²) in [6, 6.07) is 0. The number of aromatic nitrogens is 2. The molecule has 2 N–H and O–H groups in total. The van der Waals surface area contributed by atoms with E-state index in [4.69, 9.17) is 5.11 Å². The van der Waals surface area contributed by atoms with Crippen LogP contribution in [0.4, 0.5) is 0 Å². The fourth-order valence-corrected chi connectivity index (χ4v) is 1.01. The molecule has 0 saturated carbocycles. The zero-order valence-corrected chi connectivity index (χ0v) is 15.3. The predicted molar refractivity (Wildman–Crippen MR) is 76.4 cm³/mol. The molecule has 96 valence electrons. The molecule has 0 fully saturated rings. The summed E-state index contributed by atoms with van der Waals surface area (Å²) in [6.45, 7) is 1.78. The van der Waals surface area contributed by atoms with Crippen molar-refractivity contribution in [2.24, 2.45) is 0 Å². The third-order valence-corrected chi connectivity index (χ3v) is 1.51. The molecule has 1 rings (SSSR count). The molecule has 0 saturated heterocycles. The van der Waals surface area contributed by atoms with Crippen molar-refractivity contribution in [3.8, 4) is 0 Å². The average molecular weight is 576 g/mol. The molecule has 8 heteroatoms. The van der Waals surface area contributed by atoms with Gasteiger partial charge >= 0.3 is 56.5 Å². The number of carbonyl (C=O) groups excluding carboxylic acids is 1. The number of carboxylic acids is 1. The molecular formula is C9H11I3N2O3. The van der Waals surface area contributed by atoms with Gasteiger partial charge in [-0.05, 0) is 13.0 Å². The van der Waals surface area contributed by atoms with Crippen LogP contribution in [-0.2, 0) is 16.1 Å². The monoisotopic (exact) mass is 576 g/mol. The van der Waals surface area contributed by atoms with Crippen molar-refractivity contribution in [3.05, 3.63) is 24.3 Å². The second-order valence-corrected chi connectivity index (χ2v) is 19.2. The summed E-state index contributed by atoms with van der Waals surface area (Å²) in [5, 5.41) is 8.37. The first-order chi connectivity index (χ1) is 7.99. The van der Waals surface area contributed by atoms with E-state index in [-0.39, 0.29) is 12.3 Å². The number of H-pyrrole nitrogens is 1.